The summed E-state index contributed by atoms with van der Waals surface area (Å²) in [6, 6.07) is 8.70. The maximum absolute atomic E-state index is 13.7. The Morgan fingerprint density at radius 1 is 1.32 bits per heavy atom. The normalized spacial score (nSPS) is 10.3. The summed E-state index contributed by atoms with van der Waals surface area (Å²) in [5.41, 5.74) is 0.616. The van der Waals surface area contributed by atoms with Crippen LogP contribution in [0.3, 0.4) is 0 Å². The van der Waals surface area contributed by atoms with E-state index in [1.54, 1.807) is 18.2 Å². The number of hydrogen-bond donors (Lipinski definition) is 1. The van der Waals surface area contributed by atoms with Gasteiger partial charge in [-0.1, -0.05) is 23.7 Å². The van der Waals surface area contributed by atoms with Gasteiger partial charge in [0.05, 0.1) is 5.02 Å². The van der Waals surface area contributed by atoms with Crippen molar-refractivity contribution in [2.45, 2.75) is 6.92 Å². The number of aromatic carboxylic acids is 1. The van der Waals surface area contributed by atoms with Gasteiger partial charge in [0.2, 0.25) is 0 Å². The maximum Gasteiger partial charge on any atom is 0.339 e. The minimum atomic E-state index is -1.27. The predicted molar refractivity (Wildman–Crippen MR) is 69.6 cm³/mol. The summed E-state index contributed by atoms with van der Waals surface area (Å²) in [7, 11) is 0. The van der Waals surface area contributed by atoms with Crippen LogP contribution >= 0.6 is 11.6 Å². The minimum absolute atomic E-state index is 0.217. The van der Waals surface area contributed by atoms with Gasteiger partial charge in [0.15, 0.2) is 11.6 Å². The van der Waals surface area contributed by atoms with E-state index in [1.165, 1.54) is 12.1 Å². The summed E-state index contributed by atoms with van der Waals surface area (Å²) >= 11 is 5.94. The number of carboxylic acid groups (broad SMARTS) is 1. The third-order valence-electron chi connectivity index (χ3n) is 2.50. The summed E-state index contributed by atoms with van der Waals surface area (Å²) in [6.07, 6.45) is 0. The molecule has 0 fully saturated rings. The third kappa shape index (κ3) is 2.85. The van der Waals surface area contributed by atoms with Gasteiger partial charge in [-0.2, -0.15) is 0 Å². The molecule has 2 aromatic carbocycles. The molecule has 0 amide bonds. The highest BCUT2D eigenvalue weighted by atomic mass is 35.5. The molecule has 3 nitrogen and oxygen atoms in total. The second-order valence-electron chi connectivity index (χ2n) is 3.96. The van der Waals surface area contributed by atoms with Crippen molar-refractivity contribution in [2.24, 2.45) is 0 Å². The Kier molecular flexibility index (Phi) is 3.71. The van der Waals surface area contributed by atoms with Crippen LogP contribution in [0.1, 0.15) is 15.9 Å². The molecule has 0 aromatic heterocycles. The van der Waals surface area contributed by atoms with E-state index >= 15 is 0 Å². The average molecular weight is 281 g/mol. The van der Waals surface area contributed by atoms with E-state index in [1.807, 2.05) is 6.92 Å². The minimum Gasteiger partial charge on any atom is -0.478 e. The first-order valence-electron chi connectivity index (χ1n) is 5.45. The molecule has 0 saturated carbocycles. The van der Waals surface area contributed by atoms with Gasteiger partial charge in [0.1, 0.15) is 11.3 Å². The molecule has 0 aliphatic carbocycles. The molecule has 0 heterocycles. The van der Waals surface area contributed by atoms with Crippen LogP contribution in [-0.4, -0.2) is 11.1 Å². The van der Waals surface area contributed by atoms with Crippen molar-refractivity contribution in [3.05, 3.63) is 58.4 Å². The Morgan fingerprint density at radius 2 is 2.05 bits per heavy atom. The first-order chi connectivity index (χ1) is 8.99. The van der Waals surface area contributed by atoms with Gasteiger partial charge in [-0.25, -0.2) is 9.18 Å². The molecule has 0 bridgehead atoms. The number of halogens is 2. The molecule has 0 aliphatic rings. The Hall–Kier alpha value is -2.07. The molecule has 5 heteroatoms. The number of aryl methyl sites for hydroxylation is 1. The fourth-order valence-corrected chi connectivity index (χ4v) is 1.74. The number of rotatable bonds is 3. The lowest BCUT2D eigenvalue weighted by Crippen LogP contribution is -2.02. The number of benzene rings is 2. The Bertz CT molecular complexity index is 641. The molecule has 1 N–H and O–H groups in total. The highest BCUT2D eigenvalue weighted by Gasteiger charge is 2.17. The molecule has 0 aliphatic heterocycles. The molecule has 0 atom stereocenters. The van der Waals surface area contributed by atoms with Crippen LogP contribution in [0, 0.1) is 12.7 Å². The highest BCUT2D eigenvalue weighted by molar-refractivity contribution is 6.32. The predicted octanol–water partition coefficient (Wildman–Crippen LogP) is 4.28. The van der Waals surface area contributed by atoms with Crippen LogP contribution in [0.2, 0.25) is 5.02 Å². The van der Waals surface area contributed by atoms with E-state index < -0.39 is 11.8 Å². The molecular weight excluding hydrogens is 271 g/mol. The lowest BCUT2D eigenvalue weighted by atomic mass is 10.2. The third-order valence-corrected chi connectivity index (χ3v) is 2.81. The van der Waals surface area contributed by atoms with Gasteiger partial charge in [-0.3, -0.25) is 0 Å². The number of carboxylic acids is 1. The van der Waals surface area contributed by atoms with Gasteiger partial charge >= 0.3 is 5.97 Å². The van der Waals surface area contributed by atoms with Crippen molar-refractivity contribution in [3.63, 3.8) is 0 Å². The van der Waals surface area contributed by atoms with Gasteiger partial charge in [0.25, 0.3) is 0 Å². The number of para-hydroxylation sites is 1. The monoisotopic (exact) mass is 280 g/mol. The number of hydrogen-bond acceptors (Lipinski definition) is 2. The first-order valence-corrected chi connectivity index (χ1v) is 5.82. The summed E-state index contributed by atoms with van der Waals surface area (Å²) in [6.45, 7) is 1.82. The van der Waals surface area contributed by atoms with E-state index in [2.05, 4.69) is 0 Å². The van der Waals surface area contributed by atoms with Gasteiger partial charge < -0.3 is 9.84 Å². The van der Waals surface area contributed by atoms with E-state index in [-0.39, 0.29) is 22.1 Å². The first kappa shape index (κ1) is 13.4. The van der Waals surface area contributed by atoms with Crippen molar-refractivity contribution < 1.29 is 19.0 Å². The zero-order chi connectivity index (χ0) is 14.0. The zero-order valence-corrected chi connectivity index (χ0v) is 10.7. The van der Waals surface area contributed by atoms with Gasteiger partial charge in [-0.05, 0) is 36.8 Å². The molecule has 0 unspecified atom stereocenters. The Labute approximate surface area is 114 Å². The molecule has 0 radical (unpaired) electrons. The van der Waals surface area contributed by atoms with Gasteiger partial charge in [-0.15, -0.1) is 0 Å². The Morgan fingerprint density at radius 3 is 2.74 bits per heavy atom. The molecule has 0 saturated heterocycles. The maximum atomic E-state index is 13.7. The highest BCUT2D eigenvalue weighted by Crippen LogP contribution is 2.33. The molecular formula is C14H10ClFO3. The lowest BCUT2D eigenvalue weighted by Gasteiger charge is -2.11. The van der Waals surface area contributed by atoms with E-state index in [4.69, 9.17) is 21.4 Å². The number of ether oxygens (including phenoxy) is 1. The standard InChI is InChI=1S/C14H10ClFO3/c1-8-5-6-10(15)12(7-8)19-13-9(14(17)18)3-2-4-11(13)16/h2-7H,1H3,(H,17,18). The van der Waals surface area contributed by atoms with Crippen LogP contribution in [0.4, 0.5) is 4.39 Å². The van der Waals surface area contributed by atoms with E-state index in [0.717, 1.165) is 11.6 Å². The second-order valence-corrected chi connectivity index (χ2v) is 4.36. The topological polar surface area (TPSA) is 46.5 Å². The molecule has 0 spiro atoms. The fourth-order valence-electron chi connectivity index (χ4n) is 1.58. The van der Waals surface area contributed by atoms with Crippen molar-refractivity contribution in [2.75, 3.05) is 0 Å². The largest absolute Gasteiger partial charge is 0.478 e. The van der Waals surface area contributed by atoms with Crippen LogP contribution in [0.25, 0.3) is 0 Å². The molecule has 2 rings (SSSR count). The SMILES string of the molecule is Cc1ccc(Cl)c(Oc2c(F)cccc2C(=O)O)c1. The zero-order valence-electron chi connectivity index (χ0n) is 9.98. The average Bonchev–Trinajstić information content (AvgIpc) is 2.35. The summed E-state index contributed by atoms with van der Waals surface area (Å²) in [5.74, 6) is -2.15. The molecule has 98 valence electrons. The van der Waals surface area contributed by atoms with Crippen LogP contribution in [0.5, 0.6) is 11.5 Å². The smallest absolute Gasteiger partial charge is 0.339 e. The fraction of sp³-hybridized carbons (Fsp3) is 0.0714. The summed E-state index contributed by atoms with van der Waals surface area (Å²) in [4.78, 5) is 11.0. The van der Waals surface area contributed by atoms with Crippen molar-refractivity contribution in [3.8, 4) is 11.5 Å². The summed E-state index contributed by atoms with van der Waals surface area (Å²) in [5, 5.41) is 9.29. The van der Waals surface area contributed by atoms with Crippen LogP contribution in [0.15, 0.2) is 36.4 Å². The lowest BCUT2D eigenvalue weighted by molar-refractivity contribution is 0.0693. The van der Waals surface area contributed by atoms with Crippen molar-refractivity contribution >= 4 is 17.6 Å². The Balaban J connectivity index is 2.49. The van der Waals surface area contributed by atoms with E-state index in [9.17, 15) is 9.18 Å². The molecule has 19 heavy (non-hydrogen) atoms. The second kappa shape index (κ2) is 5.28. The summed E-state index contributed by atoms with van der Waals surface area (Å²) < 4.78 is 19.0. The quantitative estimate of drug-likeness (QED) is 0.913. The van der Waals surface area contributed by atoms with E-state index in [0.29, 0.717) is 0 Å². The van der Waals surface area contributed by atoms with Crippen LogP contribution < -0.4 is 4.74 Å². The number of carbonyl (C=O) groups is 1. The van der Waals surface area contributed by atoms with Crippen LogP contribution in [-0.2, 0) is 0 Å². The molecule has 2 aromatic rings. The van der Waals surface area contributed by atoms with Crippen molar-refractivity contribution in [1.29, 1.82) is 0 Å². The van der Waals surface area contributed by atoms with Gasteiger partial charge in [0, 0.05) is 0 Å². The van der Waals surface area contributed by atoms with Crippen molar-refractivity contribution in [1.82, 2.24) is 0 Å².